The van der Waals surface area contributed by atoms with Gasteiger partial charge in [-0.25, -0.2) is 4.39 Å². The Balaban J connectivity index is 2.77. The number of rotatable bonds is 2. The largest absolute Gasteiger partial charge is 0.435 e. The minimum absolute atomic E-state index is 0.0491. The topological polar surface area (TPSA) is 36.0 Å². The molecule has 0 bridgehead atoms. The smallest absolute Gasteiger partial charge is 0.361 e. The number of hydrogen-bond donors (Lipinski definition) is 2. The second kappa shape index (κ2) is 3.89. The lowest BCUT2D eigenvalue weighted by molar-refractivity contribution is -0.375. The van der Waals surface area contributed by atoms with Crippen molar-refractivity contribution in [3.63, 3.8) is 0 Å². The highest BCUT2D eigenvalue weighted by Gasteiger charge is 2.72. The first kappa shape index (κ1) is 13.7. The molecule has 0 aliphatic rings. The molecule has 1 atom stereocenters. The second-order valence-electron chi connectivity index (χ2n) is 3.95. The standard InChI is InChI=1S/C11H7F6NO/c12-9(10(13,14)15,11(16,17)19)7-5-18-8-4-2-1-3-6(7)8/h1-5,18-19H. The van der Waals surface area contributed by atoms with E-state index in [4.69, 9.17) is 5.11 Å². The molecule has 19 heavy (non-hydrogen) atoms. The van der Waals surface area contributed by atoms with Gasteiger partial charge in [0.1, 0.15) is 0 Å². The Morgan fingerprint density at radius 1 is 0.947 bits per heavy atom. The van der Waals surface area contributed by atoms with Crippen LogP contribution in [0.15, 0.2) is 30.5 Å². The van der Waals surface area contributed by atoms with Crippen molar-refractivity contribution in [3.8, 4) is 0 Å². The minimum Gasteiger partial charge on any atom is -0.361 e. The number of H-pyrrole nitrogens is 1. The zero-order valence-corrected chi connectivity index (χ0v) is 9.10. The van der Waals surface area contributed by atoms with E-state index in [-0.39, 0.29) is 10.9 Å². The van der Waals surface area contributed by atoms with Crippen molar-refractivity contribution in [2.45, 2.75) is 18.0 Å². The summed E-state index contributed by atoms with van der Waals surface area (Å²) in [6.07, 6.45) is -11.1. The number of aliphatic hydroxyl groups is 1. The number of fused-ring (bicyclic) bond motifs is 1. The molecule has 0 spiro atoms. The number of benzene rings is 1. The molecule has 0 saturated carbocycles. The van der Waals surface area contributed by atoms with Gasteiger partial charge in [-0.05, 0) is 6.07 Å². The van der Waals surface area contributed by atoms with Crippen LogP contribution in [0.5, 0.6) is 0 Å². The van der Waals surface area contributed by atoms with Gasteiger partial charge in [-0.15, -0.1) is 0 Å². The van der Waals surface area contributed by atoms with Gasteiger partial charge in [0.25, 0.3) is 0 Å². The van der Waals surface area contributed by atoms with E-state index in [9.17, 15) is 26.3 Å². The molecule has 0 aliphatic heterocycles. The van der Waals surface area contributed by atoms with Gasteiger partial charge in [0.05, 0.1) is 0 Å². The summed E-state index contributed by atoms with van der Waals surface area (Å²) in [6.45, 7) is 0. The third-order valence-electron chi connectivity index (χ3n) is 2.77. The fourth-order valence-corrected chi connectivity index (χ4v) is 1.84. The van der Waals surface area contributed by atoms with Crippen molar-refractivity contribution in [2.75, 3.05) is 0 Å². The third-order valence-corrected chi connectivity index (χ3v) is 2.77. The van der Waals surface area contributed by atoms with E-state index in [1.54, 1.807) is 0 Å². The molecule has 8 heteroatoms. The Labute approximate surface area is 102 Å². The molecule has 1 heterocycles. The summed E-state index contributed by atoms with van der Waals surface area (Å²) in [5, 5.41) is 7.98. The normalized spacial score (nSPS) is 16.6. The zero-order chi connectivity index (χ0) is 14.5. The lowest BCUT2D eigenvalue weighted by Crippen LogP contribution is -2.52. The first-order chi connectivity index (χ1) is 8.59. The molecular formula is C11H7F6NO. The lowest BCUT2D eigenvalue weighted by Gasteiger charge is -2.31. The molecule has 0 amide bonds. The van der Waals surface area contributed by atoms with Gasteiger partial charge in [-0.1, -0.05) is 18.2 Å². The van der Waals surface area contributed by atoms with Crippen LogP contribution in [-0.2, 0) is 5.67 Å². The number of aromatic amines is 1. The Morgan fingerprint density at radius 3 is 2.05 bits per heavy atom. The molecule has 1 unspecified atom stereocenters. The Hall–Kier alpha value is -1.70. The van der Waals surface area contributed by atoms with Gasteiger partial charge in [-0.3, -0.25) is 0 Å². The van der Waals surface area contributed by atoms with Crippen molar-refractivity contribution < 1.29 is 31.4 Å². The van der Waals surface area contributed by atoms with Crippen LogP contribution < -0.4 is 0 Å². The molecule has 2 nitrogen and oxygen atoms in total. The first-order valence-corrected chi connectivity index (χ1v) is 5.01. The van der Waals surface area contributed by atoms with Gasteiger partial charge in [0.2, 0.25) is 0 Å². The minimum atomic E-state index is -5.98. The van der Waals surface area contributed by atoms with Crippen LogP contribution in [0.25, 0.3) is 10.9 Å². The highest BCUT2D eigenvalue weighted by atomic mass is 19.4. The van der Waals surface area contributed by atoms with E-state index in [2.05, 4.69) is 4.98 Å². The molecular weight excluding hydrogens is 276 g/mol. The molecule has 2 aromatic rings. The molecule has 0 fully saturated rings. The van der Waals surface area contributed by atoms with Gasteiger partial charge in [0, 0.05) is 22.7 Å². The maximum absolute atomic E-state index is 14.0. The van der Waals surface area contributed by atoms with Crippen LogP contribution in [-0.4, -0.2) is 22.4 Å². The molecule has 104 valence electrons. The van der Waals surface area contributed by atoms with Gasteiger partial charge < -0.3 is 10.1 Å². The number of para-hydroxylation sites is 1. The van der Waals surface area contributed by atoms with E-state index in [1.807, 2.05) is 0 Å². The van der Waals surface area contributed by atoms with E-state index < -0.39 is 23.5 Å². The van der Waals surface area contributed by atoms with Gasteiger partial charge in [-0.2, -0.15) is 22.0 Å². The lowest BCUT2D eigenvalue weighted by atomic mass is 9.93. The zero-order valence-electron chi connectivity index (χ0n) is 9.10. The molecule has 2 N–H and O–H groups in total. The van der Waals surface area contributed by atoms with E-state index in [0.717, 1.165) is 6.07 Å². The molecule has 0 aliphatic carbocycles. The molecule has 1 aromatic heterocycles. The van der Waals surface area contributed by atoms with Gasteiger partial charge in [0.15, 0.2) is 0 Å². The van der Waals surface area contributed by atoms with Crippen LogP contribution in [0.1, 0.15) is 5.56 Å². The summed E-state index contributed by atoms with van der Waals surface area (Å²) < 4.78 is 77.6. The van der Waals surface area contributed by atoms with Crippen LogP contribution in [0.2, 0.25) is 0 Å². The Bertz CT molecular complexity index is 583. The Morgan fingerprint density at radius 2 is 1.53 bits per heavy atom. The quantitative estimate of drug-likeness (QED) is 0.813. The monoisotopic (exact) mass is 283 g/mol. The molecule has 0 saturated heterocycles. The summed E-state index contributed by atoms with van der Waals surface area (Å²) in [5.74, 6) is 0. The predicted octanol–water partition coefficient (Wildman–Crippen LogP) is 3.48. The van der Waals surface area contributed by atoms with Crippen LogP contribution in [0.3, 0.4) is 0 Å². The fraction of sp³-hybridized carbons (Fsp3) is 0.273. The van der Waals surface area contributed by atoms with Crippen molar-refractivity contribution in [1.82, 2.24) is 4.98 Å². The van der Waals surface area contributed by atoms with E-state index in [0.29, 0.717) is 6.20 Å². The summed E-state index contributed by atoms with van der Waals surface area (Å²) in [7, 11) is 0. The number of nitrogens with one attached hydrogen (secondary N) is 1. The van der Waals surface area contributed by atoms with Gasteiger partial charge >= 0.3 is 18.0 Å². The molecule has 0 radical (unpaired) electrons. The van der Waals surface area contributed by atoms with E-state index >= 15 is 0 Å². The summed E-state index contributed by atoms with van der Waals surface area (Å²) in [5.41, 5.74) is -6.49. The maximum Gasteiger partial charge on any atom is 0.435 e. The van der Waals surface area contributed by atoms with Crippen molar-refractivity contribution in [2.24, 2.45) is 0 Å². The average molecular weight is 283 g/mol. The van der Waals surface area contributed by atoms with Crippen molar-refractivity contribution in [3.05, 3.63) is 36.0 Å². The SMILES string of the molecule is OC(F)(F)C(F)(c1c[nH]c2ccccc12)C(F)(F)F. The molecule has 1 aromatic carbocycles. The fourth-order valence-electron chi connectivity index (χ4n) is 1.84. The third kappa shape index (κ3) is 1.86. The van der Waals surface area contributed by atoms with Crippen LogP contribution >= 0.6 is 0 Å². The van der Waals surface area contributed by atoms with Crippen LogP contribution in [0.4, 0.5) is 26.3 Å². The summed E-state index contributed by atoms with van der Waals surface area (Å²) in [4.78, 5) is 2.25. The van der Waals surface area contributed by atoms with E-state index in [1.165, 1.54) is 18.2 Å². The van der Waals surface area contributed by atoms with Crippen molar-refractivity contribution >= 4 is 10.9 Å². The average Bonchev–Trinajstić information content (AvgIpc) is 2.68. The molecule has 2 rings (SSSR count). The number of hydrogen-bond acceptors (Lipinski definition) is 1. The second-order valence-corrected chi connectivity index (χ2v) is 3.95. The summed E-state index contributed by atoms with van der Waals surface area (Å²) in [6, 6.07) is 5.05. The number of aromatic nitrogens is 1. The first-order valence-electron chi connectivity index (χ1n) is 5.01. The number of alkyl halides is 6. The number of halogens is 6. The highest BCUT2D eigenvalue weighted by molar-refractivity contribution is 5.84. The highest BCUT2D eigenvalue weighted by Crippen LogP contribution is 2.52. The predicted molar refractivity (Wildman–Crippen MR) is 54.3 cm³/mol. The maximum atomic E-state index is 14.0. The van der Waals surface area contributed by atoms with Crippen molar-refractivity contribution in [1.29, 1.82) is 0 Å². The van der Waals surface area contributed by atoms with Crippen LogP contribution in [0, 0.1) is 0 Å². The Kier molecular flexibility index (Phi) is 2.81. The summed E-state index contributed by atoms with van der Waals surface area (Å²) >= 11 is 0.